The number of esters is 1. The van der Waals surface area contributed by atoms with Gasteiger partial charge < -0.3 is 9.26 Å². The van der Waals surface area contributed by atoms with E-state index in [1.54, 1.807) is 6.92 Å². The first-order valence-electron chi connectivity index (χ1n) is 8.91. The largest absolute Gasteiger partial charge is 0.454 e. The Morgan fingerprint density at radius 1 is 1.00 bits per heavy atom. The smallest absolute Gasteiger partial charge is 0.339 e. The van der Waals surface area contributed by atoms with Crippen LogP contribution in [0.2, 0.25) is 0 Å². The van der Waals surface area contributed by atoms with E-state index in [1.165, 1.54) is 42.5 Å². The lowest BCUT2D eigenvalue weighted by Gasteiger charge is -2.08. The van der Waals surface area contributed by atoms with E-state index in [0.717, 1.165) is 12.1 Å². The third kappa shape index (κ3) is 3.80. The molecule has 0 unspecified atom stereocenters. The van der Waals surface area contributed by atoms with Crippen LogP contribution in [0.5, 0.6) is 0 Å². The molecule has 150 valence electrons. The molecule has 0 fully saturated rings. The second-order valence-electron chi connectivity index (χ2n) is 6.52. The van der Waals surface area contributed by atoms with Crippen molar-refractivity contribution in [1.82, 2.24) is 10.1 Å². The summed E-state index contributed by atoms with van der Waals surface area (Å²) in [6.45, 7) is 1.12. The van der Waals surface area contributed by atoms with Gasteiger partial charge in [-0.1, -0.05) is 5.16 Å². The van der Waals surface area contributed by atoms with E-state index < -0.39 is 30.0 Å². The average molecular weight is 408 g/mol. The second kappa shape index (κ2) is 7.82. The third-order valence-electron chi connectivity index (χ3n) is 4.48. The molecular weight excluding hydrogens is 394 g/mol. The van der Waals surface area contributed by atoms with Crippen molar-refractivity contribution in [2.75, 3.05) is 6.61 Å². The van der Waals surface area contributed by atoms with Crippen molar-refractivity contribution in [3.05, 3.63) is 83.1 Å². The molecule has 0 aliphatic rings. The van der Waals surface area contributed by atoms with Crippen molar-refractivity contribution in [1.29, 1.82) is 0 Å². The minimum atomic E-state index is -0.771. The number of halogens is 2. The number of carbonyl (C=O) groups excluding carboxylic acids is 2. The molecule has 0 radical (unpaired) electrons. The predicted octanol–water partition coefficient (Wildman–Crippen LogP) is 4.52. The van der Waals surface area contributed by atoms with Crippen molar-refractivity contribution >= 4 is 22.9 Å². The van der Waals surface area contributed by atoms with Crippen LogP contribution < -0.4 is 0 Å². The Morgan fingerprint density at radius 2 is 1.63 bits per heavy atom. The van der Waals surface area contributed by atoms with Gasteiger partial charge in [0.1, 0.15) is 11.6 Å². The van der Waals surface area contributed by atoms with Crippen LogP contribution in [0.15, 0.2) is 59.1 Å². The molecule has 2 heterocycles. The van der Waals surface area contributed by atoms with Gasteiger partial charge in [0, 0.05) is 11.1 Å². The highest BCUT2D eigenvalue weighted by molar-refractivity contribution is 6.05. The number of aromatic nitrogens is 2. The van der Waals surface area contributed by atoms with Gasteiger partial charge in [-0.05, 0) is 61.5 Å². The van der Waals surface area contributed by atoms with E-state index in [-0.39, 0.29) is 16.8 Å². The maximum absolute atomic E-state index is 13.2. The molecule has 0 atom stereocenters. The summed E-state index contributed by atoms with van der Waals surface area (Å²) in [6, 6.07) is 12.0. The van der Waals surface area contributed by atoms with E-state index in [1.807, 2.05) is 0 Å². The summed E-state index contributed by atoms with van der Waals surface area (Å²) in [6.07, 6.45) is 0. The van der Waals surface area contributed by atoms with Crippen LogP contribution in [-0.4, -0.2) is 28.5 Å². The Hall–Kier alpha value is -3.94. The Balaban J connectivity index is 1.64. The Morgan fingerprint density at radius 3 is 2.30 bits per heavy atom. The first-order chi connectivity index (χ1) is 14.4. The number of Topliss-reactive ketones (excluding diaryl/α,β-unsaturated/α-hetero) is 1. The van der Waals surface area contributed by atoms with Crippen LogP contribution in [-0.2, 0) is 4.74 Å². The molecule has 0 saturated heterocycles. The van der Waals surface area contributed by atoms with Gasteiger partial charge >= 0.3 is 5.97 Å². The Kier molecular flexibility index (Phi) is 5.05. The molecule has 0 amide bonds. The quantitative estimate of drug-likeness (QED) is 0.357. The summed E-state index contributed by atoms with van der Waals surface area (Å²) < 4.78 is 36.6. The number of fused-ring (bicyclic) bond motifs is 1. The first kappa shape index (κ1) is 19.4. The van der Waals surface area contributed by atoms with Crippen molar-refractivity contribution < 1.29 is 27.6 Å². The third-order valence-corrected chi connectivity index (χ3v) is 4.48. The van der Waals surface area contributed by atoms with Crippen molar-refractivity contribution in [2.45, 2.75) is 6.92 Å². The number of hydrogen-bond donors (Lipinski definition) is 0. The summed E-state index contributed by atoms with van der Waals surface area (Å²) in [4.78, 5) is 29.3. The van der Waals surface area contributed by atoms with Crippen LogP contribution in [0.1, 0.15) is 26.4 Å². The summed E-state index contributed by atoms with van der Waals surface area (Å²) >= 11 is 0. The number of pyridine rings is 1. The fourth-order valence-electron chi connectivity index (χ4n) is 2.95. The highest BCUT2D eigenvalue weighted by Crippen LogP contribution is 2.27. The zero-order chi connectivity index (χ0) is 21.3. The SMILES string of the molecule is Cc1noc2nc(-c3ccc(F)cc3)cc(C(=O)OCC(=O)c3ccc(F)cc3)c12. The summed E-state index contributed by atoms with van der Waals surface area (Å²) in [7, 11) is 0. The highest BCUT2D eigenvalue weighted by Gasteiger charge is 2.21. The molecular formula is C22H14F2N2O4. The number of ketones is 1. The molecule has 0 spiro atoms. The molecule has 30 heavy (non-hydrogen) atoms. The lowest BCUT2D eigenvalue weighted by Crippen LogP contribution is -2.15. The van der Waals surface area contributed by atoms with Crippen LogP contribution >= 0.6 is 0 Å². The lowest BCUT2D eigenvalue weighted by atomic mass is 10.1. The Labute approximate surface area is 169 Å². The van der Waals surface area contributed by atoms with E-state index in [9.17, 15) is 18.4 Å². The summed E-state index contributed by atoms with van der Waals surface area (Å²) in [5.74, 6) is -2.13. The number of rotatable bonds is 5. The van der Waals surface area contributed by atoms with Crippen molar-refractivity contribution in [3.8, 4) is 11.3 Å². The van der Waals surface area contributed by atoms with Crippen molar-refractivity contribution in [2.24, 2.45) is 0 Å². The van der Waals surface area contributed by atoms with Gasteiger partial charge in [0.25, 0.3) is 5.71 Å². The van der Waals surface area contributed by atoms with Gasteiger partial charge in [0.05, 0.1) is 22.3 Å². The summed E-state index contributed by atoms with van der Waals surface area (Å²) in [5.41, 5.74) is 1.80. The molecule has 0 bridgehead atoms. The fraction of sp³-hybridized carbons (Fsp3) is 0.0909. The molecule has 4 aromatic rings. The second-order valence-corrected chi connectivity index (χ2v) is 6.52. The molecule has 2 aromatic heterocycles. The summed E-state index contributed by atoms with van der Waals surface area (Å²) in [5, 5.41) is 4.19. The monoisotopic (exact) mass is 408 g/mol. The zero-order valence-electron chi connectivity index (χ0n) is 15.7. The maximum Gasteiger partial charge on any atom is 0.339 e. The van der Waals surface area contributed by atoms with E-state index in [0.29, 0.717) is 22.3 Å². The number of benzene rings is 2. The lowest BCUT2D eigenvalue weighted by molar-refractivity contribution is 0.0476. The average Bonchev–Trinajstić information content (AvgIpc) is 3.13. The van der Waals surface area contributed by atoms with Crippen LogP contribution in [0.25, 0.3) is 22.4 Å². The molecule has 2 aromatic carbocycles. The number of aryl methyl sites for hydroxylation is 1. The van der Waals surface area contributed by atoms with Crippen LogP contribution in [0.4, 0.5) is 8.78 Å². The molecule has 0 N–H and O–H groups in total. The molecule has 4 rings (SSSR count). The number of hydrogen-bond acceptors (Lipinski definition) is 6. The topological polar surface area (TPSA) is 82.3 Å². The minimum Gasteiger partial charge on any atom is -0.454 e. The Bertz CT molecular complexity index is 1250. The first-order valence-corrected chi connectivity index (χ1v) is 8.91. The van der Waals surface area contributed by atoms with E-state index >= 15 is 0 Å². The van der Waals surface area contributed by atoms with Gasteiger partial charge in [-0.3, -0.25) is 4.79 Å². The van der Waals surface area contributed by atoms with Gasteiger partial charge in [-0.15, -0.1) is 0 Å². The standard InChI is InChI=1S/C22H14F2N2O4/c1-12-20-17(22(28)29-11-19(27)14-4-8-16(24)9-5-14)10-18(25-21(20)30-26-12)13-2-6-15(23)7-3-13/h2-10H,11H2,1H3. The normalized spacial score (nSPS) is 10.9. The van der Waals surface area contributed by atoms with E-state index in [2.05, 4.69) is 10.1 Å². The number of carbonyl (C=O) groups is 2. The van der Waals surface area contributed by atoms with Gasteiger partial charge in [-0.2, -0.15) is 0 Å². The highest BCUT2D eigenvalue weighted by atomic mass is 19.1. The maximum atomic E-state index is 13.2. The zero-order valence-corrected chi connectivity index (χ0v) is 15.7. The molecule has 8 heteroatoms. The van der Waals surface area contributed by atoms with Crippen LogP contribution in [0.3, 0.4) is 0 Å². The van der Waals surface area contributed by atoms with Gasteiger partial charge in [-0.25, -0.2) is 18.6 Å². The number of nitrogens with zero attached hydrogens (tertiary/aromatic N) is 2. The van der Waals surface area contributed by atoms with E-state index in [4.69, 9.17) is 9.26 Å². The fourth-order valence-corrected chi connectivity index (χ4v) is 2.95. The molecule has 0 aliphatic heterocycles. The van der Waals surface area contributed by atoms with Crippen LogP contribution in [0, 0.1) is 18.6 Å². The minimum absolute atomic E-state index is 0.116. The molecule has 0 aliphatic carbocycles. The number of ether oxygens (including phenoxy) is 1. The van der Waals surface area contributed by atoms with Crippen molar-refractivity contribution in [3.63, 3.8) is 0 Å². The van der Waals surface area contributed by atoms with Gasteiger partial charge in [0.15, 0.2) is 12.4 Å². The van der Waals surface area contributed by atoms with Gasteiger partial charge in [0.2, 0.25) is 0 Å². The predicted molar refractivity (Wildman–Crippen MR) is 103 cm³/mol. The molecule has 0 saturated carbocycles. The molecule has 6 nitrogen and oxygen atoms in total.